The predicted octanol–water partition coefficient (Wildman–Crippen LogP) is -1.22. The predicted molar refractivity (Wildman–Crippen MR) is 119 cm³/mol. The summed E-state index contributed by atoms with van der Waals surface area (Å²) in [5.41, 5.74) is 0.324. The van der Waals surface area contributed by atoms with E-state index in [0.29, 0.717) is 32.4 Å². The van der Waals surface area contributed by atoms with Gasteiger partial charge in [0.05, 0.1) is 11.5 Å². The Kier molecular flexibility index (Phi) is 9.14. The maximum Gasteiger partial charge on any atom is 0.345 e. The molecule has 1 aromatic rings. The molecule has 12 nitrogen and oxygen atoms in total. The standard InChI is InChI=1S/C20H32N6O6S/c27-17(16-9-14-32-25-16)24-20(18(28)29,26-33(30,31)15-7-3-1-4-8-15)10-5-2-6-11-21-19-22-12-13-23-19/h1,3-4,7-8,16,19,21-23,25-26H,2,5-6,9-14H2,(H,24,27)(H,28,29). The number of amides is 1. The summed E-state index contributed by atoms with van der Waals surface area (Å²) in [6.07, 6.45) is 2.07. The molecule has 2 unspecified atom stereocenters. The zero-order valence-electron chi connectivity index (χ0n) is 18.3. The zero-order chi connectivity index (χ0) is 23.7. The van der Waals surface area contributed by atoms with E-state index in [-0.39, 0.29) is 17.6 Å². The van der Waals surface area contributed by atoms with Crippen molar-refractivity contribution in [3.05, 3.63) is 30.3 Å². The van der Waals surface area contributed by atoms with E-state index in [0.717, 1.165) is 19.5 Å². The highest BCUT2D eigenvalue weighted by Gasteiger charge is 2.45. The average Bonchev–Trinajstić information content (AvgIpc) is 3.50. The highest BCUT2D eigenvalue weighted by Crippen LogP contribution is 2.19. The van der Waals surface area contributed by atoms with Crippen LogP contribution in [0.3, 0.4) is 0 Å². The third-order valence-corrected chi connectivity index (χ3v) is 7.02. The van der Waals surface area contributed by atoms with Crippen LogP contribution in [0.5, 0.6) is 0 Å². The molecule has 1 amide bonds. The van der Waals surface area contributed by atoms with Gasteiger partial charge in [0.25, 0.3) is 0 Å². The molecule has 33 heavy (non-hydrogen) atoms. The van der Waals surface area contributed by atoms with E-state index in [1.165, 1.54) is 24.3 Å². The van der Waals surface area contributed by atoms with E-state index < -0.39 is 33.6 Å². The third-order valence-electron chi connectivity index (χ3n) is 5.51. The van der Waals surface area contributed by atoms with E-state index in [9.17, 15) is 23.1 Å². The summed E-state index contributed by atoms with van der Waals surface area (Å²) >= 11 is 0. The van der Waals surface area contributed by atoms with Crippen LogP contribution in [0.25, 0.3) is 0 Å². The van der Waals surface area contributed by atoms with Crippen LogP contribution in [0.2, 0.25) is 0 Å². The highest BCUT2D eigenvalue weighted by atomic mass is 32.2. The van der Waals surface area contributed by atoms with Gasteiger partial charge < -0.3 is 15.3 Å². The Labute approximate surface area is 193 Å². The molecule has 2 aliphatic rings. The fraction of sp³-hybridized carbons (Fsp3) is 0.600. The molecule has 2 saturated heterocycles. The van der Waals surface area contributed by atoms with Gasteiger partial charge in [-0.2, -0.15) is 10.2 Å². The lowest BCUT2D eigenvalue weighted by molar-refractivity contribution is -0.149. The largest absolute Gasteiger partial charge is 0.478 e. The van der Waals surface area contributed by atoms with Crippen molar-refractivity contribution in [2.75, 3.05) is 26.2 Å². The second-order valence-corrected chi connectivity index (χ2v) is 9.71. The number of sulfonamides is 1. The van der Waals surface area contributed by atoms with E-state index in [4.69, 9.17) is 4.84 Å². The second-order valence-electron chi connectivity index (χ2n) is 8.03. The number of rotatable bonds is 13. The quantitative estimate of drug-likeness (QED) is 0.133. The van der Waals surface area contributed by atoms with Crippen LogP contribution in [0.4, 0.5) is 0 Å². The van der Waals surface area contributed by atoms with Gasteiger partial charge in [-0.25, -0.2) is 13.2 Å². The molecule has 13 heteroatoms. The molecule has 2 fully saturated rings. The molecule has 7 N–H and O–H groups in total. The Morgan fingerprint density at radius 1 is 1.12 bits per heavy atom. The lowest BCUT2D eigenvalue weighted by atomic mass is 10.0. The molecule has 2 aliphatic heterocycles. The third kappa shape index (κ3) is 7.17. The number of carbonyl (C=O) groups excluding carboxylic acids is 1. The first kappa shape index (κ1) is 25.5. The van der Waals surface area contributed by atoms with Gasteiger partial charge >= 0.3 is 5.97 Å². The van der Waals surface area contributed by atoms with Crippen molar-refractivity contribution in [2.45, 2.75) is 55.0 Å². The zero-order valence-corrected chi connectivity index (χ0v) is 19.1. The summed E-state index contributed by atoms with van der Waals surface area (Å²) in [5.74, 6) is -2.13. The van der Waals surface area contributed by atoms with Crippen molar-refractivity contribution in [1.29, 1.82) is 0 Å². The normalized spacial score (nSPS) is 21.0. The minimum Gasteiger partial charge on any atom is -0.478 e. The van der Waals surface area contributed by atoms with Gasteiger partial charge in [-0.1, -0.05) is 24.6 Å². The first-order valence-electron chi connectivity index (χ1n) is 11.0. The molecule has 0 aromatic heterocycles. The SMILES string of the molecule is O=C(NC(CCCCCNC1NCCN1)(NS(=O)(=O)c1ccccc1)C(=O)O)C1CCON1. The van der Waals surface area contributed by atoms with Crippen molar-refractivity contribution >= 4 is 21.9 Å². The minimum absolute atomic E-state index is 0.0567. The molecule has 3 rings (SSSR count). The first-order valence-corrected chi connectivity index (χ1v) is 12.5. The Morgan fingerprint density at radius 3 is 2.48 bits per heavy atom. The maximum absolute atomic E-state index is 12.9. The number of benzene rings is 1. The maximum atomic E-state index is 12.9. The van der Waals surface area contributed by atoms with Gasteiger partial charge in [0, 0.05) is 13.1 Å². The topological polar surface area (TPSA) is 170 Å². The molecule has 0 aliphatic carbocycles. The fourth-order valence-corrected chi connectivity index (χ4v) is 5.03. The lowest BCUT2D eigenvalue weighted by Gasteiger charge is -2.32. The van der Waals surface area contributed by atoms with Crippen LogP contribution in [0.1, 0.15) is 32.1 Å². The Balaban J connectivity index is 1.67. The number of carboxylic acid groups (broad SMARTS) is 1. The lowest BCUT2D eigenvalue weighted by Crippen LogP contribution is -2.67. The Bertz CT molecular complexity index is 890. The number of carbonyl (C=O) groups is 2. The highest BCUT2D eigenvalue weighted by molar-refractivity contribution is 7.89. The number of hydroxylamine groups is 1. The summed E-state index contributed by atoms with van der Waals surface area (Å²) in [6.45, 7) is 2.78. The average molecular weight is 485 g/mol. The minimum atomic E-state index is -4.22. The summed E-state index contributed by atoms with van der Waals surface area (Å²) in [6, 6.07) is 6.69. The van der Waals surface area contributed by atoms with Gasteiger partial charge in [-0.3, -0.25) is 20.7 Å². The number of nitrogens with one attached hydrogen (secondary N) is 6. The fourth-order valence-electron chi connectivity index (χ4n) is 3.70. The van der Waals surface area contributed by atoms with Gasteiger partial charge in [0.15, 0.2) is 0 Å². The molecular weight excluding hydrogens is 452 g/mol. The van der Waals surface area contributed by atoms with Crippen molar-refractivity contribution in [2.24, 2.45) is 0 Å². The smallest absolute Gasteiger partial charge is 0.345 e. The Hall–Kier alpha value is -2.13. The van der Waals surface area contributed by atoms with Crippen LogP contribution in [-0.4, -0.2) is 69.6 Å². The van der Waals surface area contributed by atoms with Crippen LogP contribution >= 0.6 is 0 Å². The van der Waals surface area contributed by atoms with Gasteiger partial charge in [0.2, 0.25) is 21.6 Å². The summed E-state index contributed by atoms with van der Waals surface area (Å²) in [5, 5.41) is 22.2. The summed E-state index contributed by atoms with van der Waals surface area (Å²) in [4.78, 5) is 29.9. The molecule has 0 spiro atoms. The molecule has 2 heterocycles. The van der Waals surface area contributed by atoms with E-state index in [2.05, 4.69) is 31.5 Å². The van der Waals surface area contributed by atoms with Crippen molar-refractivity contribution in [1.82, 2.24) is 31.5 Å². The number of carboxylic acids is 1. The van der Waals surface area contributed by atoms with Crippen molar-refractivity contribution in [3.8, 4) is 0 Å². The molecule has 0 bridgehead atoms. The summed E-state index contributed by atoms with van der Waals surface area (Å²) in [7, 11) is -4.22. The van der Waals surface area contributed by atoms with Crippen LogP contribution in [0, 0.1) is 0 Å². The number of hydrogen-bond acceptors (Lipinski definition) is 9. The number of unbranched alkanes of at least 4 members (excludes halogenated alkanes) is 2. The number of aliphatic carboxylic acids is 1. The van der Waals surface area contributed by atoms with E-state index in [1.807, 2.05) is 0 Å². The monoisotopic (exact) mass is 484 g/mol. The van der Waals surface area contributed by atoms with Gasteiger partial charge in [-0.15, -0.1) is 0 Å². The number of hydrogen-bond donors (Lipinski definition) is 7. The first-order chi connectivity index (χ1) is 15.8. The van der Waals surface area contributed by atoms with Gasteiger partial charge in [0.1, 0.15) is 12.3 Å². The van der Waals surface area contributed by atoms with Crippen molar-refractivity contribution < 1.29 is 28.0 Å². The molecule has 1 aromatic carbocycles. The molecule has 0 saturated carbocycles. The summed E-state index contributed by atoms with van der Waals surface area (Å²) < 4.78 is 28.1. The second kappa shape index (κ2) is 11.8. The Morgan fingerprint density at radius 2 is 1.85 bits per heavy atom. The van der Waals surface area contributed by atoms with Gasteiger partial charge in [-0.05, 0) is 44.4 Å². The van der Waals surface area contributed by atoms with Crippen LogP contribution in [0.15, 0.2) is 35.2 Å². The van der Waals surface area contributed by atoms with Crippen LogP contribution in [-0.2, 0) is 24.4 Å². The molecule has 184 valence electrons. The van der Waals surface area contributed by atoms with E-state index >= 15 is 0 Å². The molecular formula is C20H32N6O6S. The molecule has 0 radical (unpaired) electrons. The van der Waals surface area contributed by atoms with E-state index in [1.54, 1.807) is 6.07 Å². The van der Waals surface area contributed by atoms with Crippen LogP contribution < -0.4 is 31.5 Å². The van der Waals surface area contributed by atoms with Crippen molar-refractivity contribution in [3.63, 3.8) is 0 Å². The molecule has 2 atom stereocenters.